The molecule has 0 radical (unpaired) electrons. The van der Waals surface area contributed by atoms with Gasteiger partial charge in [-0.25, -0.2) is 4.98 Å². The van der Waals surface area contributed by atoms with Crippen molar-refractivity contribution in [1.29, 1.82) is 0 Å². The molecule has 1 atom stereocenters. The molecule has 1 amide bonds. The molecule has 0 aliphatic rings. The predicted molar refractivity (Wildman–Crippen MR) is 91.1 cm³/mol. The van der Waals surface area contributed by atoms with Gasteiger partial charge in [-0.3, -0.25) is 14.8 Å². The molecule has 0 unspecified atom stereocenters. The fourth-order valence-electron chi connectivity index (χ4n) is 2.10. The summed E-state index contributed by atoms with van der Waals surface area (Å²) < 4.78 is 0. The number of likely N-dealkylation sites (N-methyl/N-ethyl adjacent to an activating group) is 1. The Kier molecular flexibility index (Phi) is 5.15. The van der Waals surface area contributed by atoms with Crippen LogP contribution >= 0.6 is 0 Å². The monoisotopic (exact) mass is 315 g/mol. The normalized spacial score (nSPS) is 13.1. The topological polar surface area (TPSA) is 73.9 Å². The number of rotatable bonds is 5. The Morgan fingerprint density at radius 3 is 2.70 bits per heavy atom. The third-order valence-corrected chi connectivity index (χ3v) is 3.78. The molecule has 0 saturated carbocycles. The number of aromatic nitrogens is 3. The fraction of sp³-hybridized carbons (Fsp3) is 0.471. The van der Waals surface area contributed by atoms with E-state index in [1.54, 1.807) is 12.3 Å². The molecule has 0 bridgehead atoms. The molecule has 6 heteroatoms. The fourth-order valence-corrected chi connectivity index (χ4v) is 2.10. The van der Waals surface area contributed by atoms with E-state index in [-0.39, 0.29) is 17.4 Å². The molecule has 0 saturated heterocycles. The van der Waals surface area contributed by atoms with Gasteiger partial charge >= 0.3 is 0 Å². The minimum Gasteiger partial charge on any atom is -0.309 e. The molecule has 0 aromatic carbocycles. The Balaban J connectivity index is 1.95. The third kappa shape index (κ3) is 4.63. The number of hydrogen-bond donors (Lipinski definition) is 2. The molecule has 2 N–H and O–H groups in total. The van der Waals surface area contributed by atoms with Crippen molar-refractivity contribution in [1.82, 2.24) is 20.1 Å². The number of carbonyl (C=O) groups excluding carboxylic acids is 1. The quantitative estimate of drug-likeness (QED) is 0.889. The number of anilines is 1. The van der Waals surface area contributed by atoms with Crippen LogP contribution in [0.1, 0.15) is 39.1 Å². The van der Waals surface area contributed by atoms with Crippen LogP contribution in [0, 0.1) is 0 Å². The van der Waals surface area contributed by atoms with Gasteiger partial charge in [-0.2, -0.15) is 5.10 Å². The first-order chi connectivity index (χ1) is 10.8. The predicted octanol–water partition coefficient (Wildman–Crippen LogP) is 2.56. The highest BCUT2D eigenvalue weighted by atomic mass is 16.2. The number of carbonyl (C=O) groups is 1. The minimum absolute atomic E-state index is 0.00922. The van der Waals surface area contributed by atoms with Crippen LogP contribution in [0.25, 0.3) is 0 Å². The van der Waals surface area contributed by atoms with Gasteiger partial charge in [0.15, 0.2) is 0 Å². The third-order valence-electron chi connectivity index (χ3n) is 3.78. The van der Waals surface area contributed by atoms with E-state index >= 15 is 0 Å². The molecular weight excluding hydrogens is 290 g/mol. The number of H-pyrrole nitrogens is 1. The zero-order valence-electron chi connectivity index (χ0n) is 14.4. The second-order valence-electron chi connectivity index (χ2n) is 6.82. The Bertz CT molecular complexity index is 645. The molecule has 0 aliphatic heterocycles. The summed E-state index contributed by atoms with van der Waals surface area (Å²) in [5.41, 5.74) is 2.02. The van der Waals surface area contributed by atoms with Gasteiger partial charge in [-0.15, -0.1) is 0 Å². The maximum atomic E-state index is 12.3. The van der Waals surface area contributed by atoms with Crippen molar-refractivity contribution in [3.8, 4) is 0 Å². The van der Waals surface area contributed by atoms with Crippen molar-refractivity contribution in [2.24, 2.45) is 0 Å². The molecule has 124 valence electrons. The van der Waals surface area contributed by atoms with Crippen molar-refractivity contribution >= 4 is 11.7 Å². The first-order valence-corrected chi connectivity index (χ1v) is 7.74. The van der Waals surface area contributed by atoms with E-state index in [1.165, 1.54) is 0 Å². The maximum absolute atomic E-state index is 12.3. The van der Waals surface area contributed by atoms with Crippen molar-refractivity contribution in [3.63, 3.8) is 0 Å². The average Bonchev–Trinajstić information content (AvgIpc) is 2.96. The summed E-state index contributed by atoms with van der Waals surface area (Å²) in [6, 6.07) is 7.21. The molecule has 0 fully saturated rings. The van der Waals surface area contributed by atoms with Gasteiger partial charge in [0.05, 0.1) is 11.7 Å². The van der Waals surface area contributed by atoms with Crippen LogP contribution < -0.4 is 5.32 Å². The van der Waals surface area contributed by atoms with Gasteiger partial charge in [-0.1, -0.05) is 26.8 Å². The van der Waals surface area contributed by atoms with Crippen molar-refractivity contribution in [2.75, 3.05) is 12.4 Å². The van der Waals surface area contributed by atoms with Crippen LogP contribution in [0.4, 0.5) is 5.82 Å². The van der Waals surface area contributed by atoms with E-state index in [2.05, 4.69) is 47.3 Å². The van der Waals surface area contributed by atoms with Crippen LogP contribution in [0.3, 0.4) is 0 Å². The Morgan fingerprint density at radius 2 is 2.13 bits per heavy atom. The molecule has 2 heterocycles. The van der Waals surface area contributed by atoms with Gasteiger partial charge in [0.1, 0.15) is 5.82 Å². The van der Waals surface area contributed by atoms with E-state index in [0.29, 0.717) is 12.4 Å². The molecule has 2 aromatic rings. The minimum atomic E-state index is -0.279. The molecule has 2 aromatic heterocycles. The molecular formula is C17H25N5O. The Morgan fingerprint density at radius 1 is 1.39 bits per heavy atom. The van der Waals surface area contributed by atoms with E-state index in [4.69, 9.17) is 0 Å². The number of aromatic amines is 1. The second-order valence-corrected chi connectivity index (χ2v) is 6.82. The zero-order chi connectivity index (χ0) is 17.0. The van der Waals surface area contributed by atoms with Gasteiger partial charge in [0, 0.05) is 23.9 Å². The highest BCUT2D eigenvalue weighted by molar-refractivity contribution is 5.93. The van der Waals surface area contributed by atoms with Gasteiger partial charge < -0.3 is 5.32 Å². The lowest BCUT2D eigenvalue weighted by atomic mass is 9.92. The largest absolute Gasteiger partial charge is 0.309 e. The lowest BCUT2D eigenvalue weighted by Crippen LogP contribution is -2.39. The number of hydrogen-bond acceptors (Lipinski definition) is 4. The van der Waals surface area contributed by atoms with E-state index in [0.717, 1.165) is 11.4 Å². The van der Waals surface area contributed by atoms with Crippen molar-refractivity contribution < 1.29 is 4.79 Å². The lowest BCUT2D eigenvalue weighted by molar-refractivity contribution is -0.120. The molecule has 0 spiro atoms. The summed E-state index contributed by atoms with van der Waals surface area (Å²) in [6.07, 6.45) is 1.66. The summed E-state index contributed by atoms with van der Waals surface area (Å²) in [7, 11) is 1.92. The number of nitrogens with one attached hydrogen (secondary N) is 2. The number of pyridine rings is 1. The molecule has 6 nitrogen and oxygen atoms in total. The summed E-state index contributed by atoms with van der Waals surface area (Å²) in [6.45, 7) is 8.87. The standard InChI is InChI=1S/C17H25N5O/c1-12(16(23)19-15-8-6-7-9-18-15)22(5)11-13-10-14(21-20-13)17(2,3)4/h6-10,12H,11H2,1-5H3,(H,20,21)(H,18,19,23)/t12-/m0/s1. The van der Waals surface area contributed by atoms with Crippen LogP contribution in [-0.2, 0) is 16.8 Å². The molecule has 0 aliphatic carbocycles. The summed E-state index contributed by atoms with van der Waals surface area (Å²) in [5, 5.41) is 10.2. The summed E-state index contributed by atoms with van der Waals surface area (Å²) in [4.78, 5) is 18.4. The smallest absolute Gasteiger partial charge is 0.242 e. The van der Waals surface area contributed by atoms with Gasteiger partial charge in [0.25, 0.3) is 0 Å². The second kappa shape index (κ2) is 6.91. The van der Waals surface area contributed by atoms with Crippen molar-refractivity contribution in [2.45, 2.75) is 45.7 Å². The highest BCUT2D eigenvalue weighted by Crippen LogP contribution is 2.20. The SMILES string of the molecule is C[C@@H](C(=O)Nc1ccccn1)N(C)Cc1cc(C(C)(C)C)n[nH]1. The summed E-state index contributed by atoms with van der Waals surface area (Å²) >= 11 is 0. The van der Waals surface area contributed by atoms with E-state index in [1.807, 2.05) is 31.0 Å². The molecule has 23 heavy (non-hydrogen) atoms. The average molecular weight is 315 g/mol. The highest BCUT2D eigenvalue weighted by Gasteiger charge is 2.21. The van der Waals surface area contributed by atoms with Crippen LogP contribution in [-0.4, -0.2) is 39.1 Å². The lowest BCUT2D eigenvalue weighted by Gasteiger charge is -2.23. The Labute approximate surface area is 137 Å². The van der Waals surface area contributed by atoms with Crippen LogP contribution in [0.5, 0.6) is 0 Å². The van der Waals surface area contributed by atoms with E-state index < -0.39 is 0 Å². The zero-order valence-corrected chi connectivity index (χ0v) is 14.4. The van der Waals surface area contributed by atoms with Crippen LogP contribution in [0.15, 0.2) is 30.5 Å². The maximum Gasteiger partial charge on any atom is 0.242 e. The molecule has 2 rings (SSSR count). The summed E-state index contributed by atoms with van der Waals surface area (Å²) in [5.74, 6) is 0.482. The van der Waals surface area contributed by atoms with Crippen molar-refractivity contribution in [3.05, 3.63) is 41.9 Å². The van der Waals surface area contributed by atoms with E-state index in [9.17, 15) is 4.79 Å². The number of nitrogens with zero attached hydrogens (tertiary/aromatic N) is 3. The first-order valence-electron chi connectivity index (χ1n) is 7.74. The van der Waals surface area contributed by atoms with Gasteiger partial charge in [-0.05, 0) is 32.2 Å². The Hall–Kier alpha value is -2.21. The number of amides is 1. The van der Waals surface area contributed by atoms with Gasteiger partial charge in [0.2, 0.25) is 5.91 Å². The van der Waals surface area contributed by atoms with Crippen LogP contribution in [0.2, 0.25) is 0 Å². The first kappa shape index (κ1) is 17.1.